The van der Waals surface area contributed by atoms with E-state index in [1.165, 1.54) is 11.1 Å². The van der Waals surface area contributed by atoms with Gasteiger partial charge in [0.05, 0.1) is 113 Å². The first kappa shape index (κ1) is 27.2. The summed E-state index contributed by atoms with van der Waals surface area (Å²) in [6, 6.07) is 9.28. The number of ether oxygens (including phenoxy) is 8. The second-order valence-electron chi connectivity index (χ2n) is 13.9. The Morgan fingerprint density at radius 2 is 0.667 bits per heavy atom. The fraction of sp³-hybridized carbons (Fsp3) is 0.812. The number of hydrogen-bond donors (Lipinski definition) is 0. The highest BCUT2D eigenvalue weighted by Gasteiger charge is 2.56. The van der Waals surface area contributed by atoms with E-state index in [0.29, 0.717) is 0 Å². The Bertz CT molecular complexity index is 978. The first-order valence-corrected chi connectivity index (χ1v) is 16.2. The third-order valence-corrected chi connectivity index (χ3v) is 10.3. The molecule has 0 amide bonds. The van der Waals surface area contributed by atoms with Gasteiger partial charge < -0.3 is 37.9 Å². The fourth-order valence-electron chi connectivity index (χ4n) is 7.53. The molecule has 8 aliphatic heterocycles. The second-order valence-corrected chi connectivity index (χ2v) is 13.9. The maximum absolute atomic E-state index is 6.01. The van der Waals surface area contributed by atoms with Crippen molar-refractivity contribution in [2.45, 2.75) is 85.6 Å². The van der Waals surface area contributed by atoms with E-state index in [0.717, 1.165) is 105 Å². The molecule has 9 rings (SSSR count). The zero-order valence-corrected chi connectivity index (χ0v) is 24.4. The Labute approximate surface area is 247 Å². The van der Waals surface area contributed by atoms with E-state index in [2.05, 4.69) is 34.1 Å². The van der Waals surface area contributed by atoms with Gasteiger partial charge in [-0.1, -0.05) is 24.3 Å². The summed E-state index contributed by atoms with van der Waals surface area (Å²) in [4.78, 5) is 5.41. The molecule has 10 heteroatoms. The lowest BCUT2D eigenvalue weighted by atomic mass is 9.70. The van der Waals surface area contributed by atoms with Gasteiger partial charge in [0, 0.05) is 26.2 Å². The van der Waals surface area contributed by atoms with Crippen LogP contribution in [-0.2, 0) is 49.0 Å². The lowest BCUT2D eigenvalue weighted by Gasteiger charge is -2.50. The molecule has 1 aromatic carbocycles. The van der Waals surface area contributed by atoms with Crippen LogP contribution in [0, 0.1) is 0 Å². The van der Waals surface area contributed by atoms with Crippen molar-refractivity contribution in [2.24, 2.45) is 0 Å². The van der Waals surface area contributed by atoms with Crippen molar-refractivity contribution < 1.29 is 37.9 Å². The van der Waals surface area contributed by atoms with Gasteiger partial charge in [0.15, 0.2) is 0 Å². The van der Waals surface area contributed by atoms with Gasteiger partial charge in [-0.3, -0.25) is 9.80 Å². The molecule has 0 aliphatic carbocycles. The van der Waals surface area contributed by atoms with Gasteiger partial charge in [-0.25, -0.2) is 0 Å². The van der Waals surface area contributed by atoms with Crippen molar-refractivity contribution >= 4 is 0 Å². The van der Waals surface area contributed by atoms with Crippen LogP contribution in [0.4, 0.5) is 0 Å². The molecule has 8 fully saturated rings. The van der Waals surface area contributed by atoms with Crippen molar-refractivity contribution in [1.82, 2.24) is 9.80 Å². The van der Waals surface area contributed by atoms with Crippen LogP contribution in [-0.4, -0.2) is 138 Å². The highest BCUT2D eigenvalue weighted by Crippen LogP contribution is 2.52. The molecule has 8 saturated heterocycles. The molecule has 0 spiro atoms. The fourth-order valence-corrected chi connectivity index (χ4v) is 7.53. The van der Waals surface area contributed by atoms with Crippen LogP contribution in [0.5, 0.6) is 0 Å². The summed E-state index contributed by atoms with van der Waals surface area (Å²) in [5.74, 6) is 0. The smallest absolute Gasteiger partial charge is 0.0936 e. The summed E-state index contributed by atoms with van der Waals surface area (Å²) < 4.78 is 47.5. The Balaban J connectivity index is 1.19. The summed E-state index contributed by atoms with van der Waals surface area (Å²) in [6.07, 6.45) is 5.87. The Hall–Kier alpha value is -1.18. The SMILES string of the molecule is c1ccc(C(CC2CO2)(CC2CO2)N(CC2CO2)CC2CO2)c(C(CC2CO2)(CC2CO2)N(CC2CO2)CC2CO2)c1. The molecule has 0 bridgehead atoms. The molecule has 42 heavy (non-hydrogen) atoms. The van der Waals surface area contributed by atoms with Crippen LogP contribution in [0.25, 0.3) is 0 Å². The van der Waals surface area contributed by atoms with Gasteiger partial charge in [-0.2, -0.15) is 0 Å². The quantitative estimate of drug-likeness (QED) is 0.209. The molecule has 230 valence electrons. The molecule has 8 atom stereocenters. The molecule has 10 nitrogen and oxygen atoms in total. The number of hydrogen-bond acceptors (Lipinski definition) is 10. The van der Waals surface area contributed by atoms with Gasteiger partial charge in [-0.05, 0) is 36.8 Å². The molecular formula is C32H44N2O8. The predicted molar refractivity (Wildman–Crippen MR) is 149 cm³/mol. The maximum atomic E-state index is 6.01. The van der Waals surface area contributed by atoms with Crippen LogP contribution >= 0.6 is 0 Å². The lowest BCUT2D eigenvalue weighted by molar-refractivity contribution is 0.0190. The molecule has 0 radical (unpaired) electrons. The predicted octanol–water partition coefficient (Wildman–Crippen LogP) is 1.43. The topological polar surface area (TPSA) is 107 Å². The van der Waals surface area contributed by atoms with Crippen molar-refractivity contribution in [3.05, 3.63) is 35.4 Å². The molecular weight excluding hydrogens is 540 g/mol. The average molecular weight is 585 g/mol. The number of rotatable bonds is 20. The van der Waals surface area contributed by atoms with Gasteiger partial charge in [0.1, 0.15) is 0 Å². The maximum Gasteiger partial charge on any atom is 0.0936 e. The van der Waals surface area contributed by atoms with Crippen molar-refractivity contribution in [3.8, 4) is 0 Å². The lowest BCUT2D eigenvalue weighted by Crippen LogP contribution is -2.55. The average Bonchev–Trinajstić information content (AvgIpc) is 3.78. The molecule has 8 heterocycles. The molecule has 8 unspecified atom stereocenters. The highest BCUT2D eigenvalue weighted by molar-refractivity contribution is 5.41. The summed E-state index contributed by atoms with van der Waals surface area (Å²) in [6.45, 7) is 10.2. The molecule has 8 aliphatic rings. The van der Waals surface area contributed by atoms with Crippen LogP contribution in [0.2, 0.25) is 0 Å². The van der Waals surface area contributed by atoms with E-state index in [9.17, 15) is 0 Å². The summed E-state index contributed by atoms with van der Waals surface area (Å²) in [5, 5.41) is 0. The summed E-state index contributed by atoms with van der Waals surface area (Å²) in [7, 11) is 0. The molecule has 0 N–H and O–H groups in total. The minimum Gasteiger partial charge on any atom is -0.373 e. The summed E-state index contributed by atoms with van der Waals surface area (Å²) in [5.41, 5.74) is 2.26. The second kappa shape index (κ2) is 10.7. The van der Waals surface area contributed by atoms with E-state index in [1.807, 2.05) is 0 Å². The van der Waals surface area contributed by atoms with Gasteiger partial charge in [-0.15, -0.1) is 0 Å². The normalized spacial score (nSPS) is 39.5. The van der Waals surface area contributed by atoms with Crippen molar-refractivity contribution in [1.29, 1.82) is 0 Å². The van der Waals surface area contributed by atoms with Crippen LogP contribution in [0.15, 0.2) is 24.3 Å². The third kappa shape index (κ3) is 6.31. The third-order valence-electron chi connectivity index (χ3n) is 10.3. The molecule has 1 aromatic rings. The first-order valence-electron chi connectivity index (χ1n) is 16.2. The van der Waals surface area contributed by atoms with Crippen molar-refractivity contribution in [3.63, 3.8) is 0 Å². The van der Waals surface area contributed by atoms with E-state index >= 15 is 0 Å². The Kier molecular flexibility index (Phi) is 6.93. The first-order chi connectivity index (χ1) is 20.6. The van der Waals surface area contributed by atoms with Crippen LogP contribution in [0.1, 0.15) is 36.8 Å². The van der Waals surface area contributed by atoms with E-state index in [1.54, 1.807) is 0 Å². The van der Waals surface area contributed by atoms with E-state index < -0.39 is 0 Å². The minimum absolute atomic E-state index is 0.253. The monoisotopic (exact) mass is 584 g/mol. The van der Waals surface area contributed by atoms with Crippen molar-refractivity contribution in [2.75, 3.05) is 79.0 Å². The largest absolute Gasteiger partial charge is 0.373 e. The summed E-state index contributed by atoms with van der Waals surface area (Å²) >= 11 is 0. The highest BCUT2D eigenvalue weighted by atomic mass is 16.6. The van der Waals surface area contributed by atoms with E-state index in [4.69, 9.17) is 37.9 Å². The molecule has 0 saturated carbocycles. The van der Waals surface area contributed by atoms with Crippen LogP contribution in [0.3, 0.4) is 0 Å². The number of benzene rings is 1. The standard InChI is InChI=1S/C32H44N2O8/c1-2-4-30(32(7-23-15-37-23,8-24-16-38-24)34(11-27-19-41-27)12-28-20-42-28)29(3-1)31(5-21-13-35-21,6-22-14-36-22)33(9-25-17-39-25)10-26-18-40-26/h1-4,21-28H,5-20H2. The number of nitrogens with zero attached hydrogens (tertiary/aromatic N) is 2. The zero-order chi connectivity index (χ0) is 27.7. The van der Waals surface area contributed by atoms with Gasteiger partial charge in [0.25, 0.3) is 0 Å². The van der Waals surface area contributed by atoms with Crippen LogP contribution < -0.4 is 0 Å². The van der Waals surface area contributed by atoms with Gasteiger partial charge >= 0.3 is 0 Å². The minimum atomic E-state index is -0.269. The zero-order valence-electron chi connectivity index (χ0n) is 24.4. The van der Waals surface area contributed by atoms with E-state index in [-0.39, 0.29) is 59.9 Å². The van der Waals surface area contributed by atoms with Gasteiger partial charge in [0.2, 0.25) is 0 Å². The Morgan fingerprint density at radius 3 is 0.881 bits per heavy atom. The number of epoxide rings is 8. The Morgan fingerprint density at radius 1 is 0.429 bits per heavy atom. The molecule has 0 aromatic heterocycles.